The number of halogens is 1. The fourth-order valence-electron chi connectivity index (χ4n) is 2.32. The number of rotatable bonds is 4. The van der Waals surface area contributed by atoms with E-state index in [0.29, 0.717) is 24.6 Å². The van der Waals surface area contributed by atoms with Crippen molar-refractivity contribution in [1.82, 2.24) is 9.55 Å². The molecule has 0 amide bonds. The van der Waals surface area contributed by atoms with Gasteiger partial charge in [-0.15, -0.1) is 0 Å². The number of hydrogen-bond acceptors (Lipinski definition) is 3. The van der Waals surface area contributed by atoms with E-state index in [1.54, 1.807) is 6.07 Å². The van der Waals surface area contributed by atoms with Gasteiger partial charge in [0.1, 0.15) is 18.2 Å². The van der Waals surface area contributed by atoms with E-state index >= 15 is 0 Å². The average molecular weight is 285 g/mol. The number of anilines is 1. The minimum atomic E-state index is -0.317. The van der Waals surface area contributed by atoms with Crippen LogP contribution >= 0.6 is 0 Å². The predicted molar refractivity (Wildman–Crippen MR) is 80.8 cm³/mol. The molecule has 0 fully saturated rings. The van der Waals surface area contributed by atoms with Gasteiger partial charge in [0.25, 0.3) is 0 Å². The third-order valence-corrected chi connectivity index (χ3v) is 3.31. The minimum Gasteiger partial charge on any atom is -0.492 e. The highest BCUT2D eigenvalue weighted by molar-refractivity contribution is 5.78. The number of hydrogen-bond donors (Lipinski definition) is 1. The molecule has 1 aromatic heterocycles. The Morgan fingerprint density at radius 2 is 2.10 bits per heavy atom. The maximum absolute atomic E-state index is 13.2. The van der Waals surface area contributed by atoms with E-state index in [2.05, 4.69) is 4.98 Å². The quantitative estimate of drug-likeness (QED) is 0.801. The largest absolute Gasteiger partial charge is 0.492 e. The zero-order valence-electron chi connectivity index (χ0n) is 11.7. The first kappa shape index (κ1) is 13.4. The van der Waals surface area contributed by atoms with Gasteiger partial charge in [-0.3, -0.25) is 0 Å². The molecule has 2 N–H and O–H groups in total. The number of imidazole rings is 1. The molecule has 0 aliphatic rings. The van der Waals surface area contributed by atoms with Crippen molar-refractivity contribution in [1.29, 1.82) is 0 Å². The van der Waals surface area contributed by atoms with Crippen LogP contribution in [-0.4, -0.2) is 16.2 Å². The van der Waals surface area contributed by atoms with Crippen molar-refractivity contribution in [2.75, 3.05) is 12.3 Å². The number of nitrogens with zero attached hydrogens (tertiary/aromatic N) is 2. The van der Waals surface area contributed by atoms with Crippen LogP contribution in [-0.2, 0) is 6.54 Å². The second-order valence-corrected chi connectivity index (χ2v) is 4.92. The van der Waals surface area contributed by atoms with Crippen molar-refractivity contribution in [2.24, 2.45) is 0 Å². The summed E-state index contributed by atoms with van der Waals surface area (Å²) < 4.78 is 20.7. The Balaban J connectivity index is 1.75. The Hall–Kier alpha value is -2.56. The van der Waals surface area contributed by atoms with Crippen LogP contribution in [0.5, 0.6) is 5.75 Å². The number of ether oxygens (including phenoxy) is 1. The third-order valence-electron chi connectivity index (χ3n) is 3.31. The lowest BCUT2D eigenvalue weighted by molar-refractivity contribution is 0.301. The molecule has 0 atom stereocenters. The van der Waals surface area contributed by atoms with Crippen molar-refractivity contribution in [3.8, 4) is 5.75 Å². The zero-order chi connectivity index (χ0) is 14.8. The zero-order valence-corrected chi connectivity index (χ0v) is 11.7. The summed E-state index contributed by atoms with van der Waals surface area (Å²) in [6.07, 6.45) is 0. The number of nitrogens with two attached hydrogens (primary N) is 1. The summed E-state index contributed by atoms with van der Waals surface area (Å²) >= 11 is 0. The molecule has 0 saturated carbocycles. The summed E-state index contributed by atoms with van der Waals surface area (Å²) in [4.78, 5) is 4.16. The number of nitrogen functional groups attached to an aromatic ring is 1. The van der Waals surface area contributed by atoms with Crippen LogP contribution in [0.3, 0.4) is 0 Å². The van der Waals surface area contributed by atoms with Gasteiger partial charge in [0, 0.05) is 6.07 Å². The van der Waals surface area contributed by atoms with Crippen molar-refractivity contribution in [3.05, 3.63) is 53.8 Å². The molecule has 1 heterocycles. The van der Waals surface area contributed by atoms with Gasteiger partial charge in [-0.05, 0) is 36.8 Å². The minimum absolute atomic E-state index is 0.317. The number of fused-ring (bicyclic) bond motifs is 1. The Morgan fingerprint density at radius 1 is 1.24 bits per heavy atom. The van der Waals surface area contributed by atoms with Crippen LogP contribution < -0.4 is 10.5 Å². The van der Waals surface area contributed by atoms with E-state index in [1.165, 1.54) is 12.1 Å². The molecule has 0 spiro atoms. The molecule has 3 rings (SSSR count). The number of aryl methyl sites for hydroxylation is 1. The van der Waals surface area contributed by atoms with Gasteiger partial charge >= 0.3 is 0 Å². The molecule has 2 aromatic carbocycles. The monoisotopic (exact) mass is 285 g/mol. The summed E-state index contributed by atoms with van der Waals surface area (Å²) in [5.41, 5.74) is 8.40. The van der Waals surface area contributed by atoms with E-state index in [9.17, 15) is 4.39 Å². The number of aromatic nitrogens is 2. The first-order valence-corrected chi connectivity index (χ1v) is 6.74. The highest BCUT2D eigenvalue weighted by atomic mass is 19.1. The maximum Gasteiger partial charge on any atom is 0.201 e. The Morgan fingerprint density at radius 3 is 2.90 bits per heavy atom. The van der Waals surface area contributed by atoms with Gasteiger partial charge in [0.2, 0.25) is 5.95 Å². The van der Waals surface area contributed by atoms with E-state index < -0.39 is 0 Å². The van der Waals surface area contributed by atoms with Gasteiger partial charge in [0.15, 0.2) is 0 Å². The maximum atomic E-state index is 13.2. The van der Waals surface area contributed by atoms with Crippen LogP contribution in [0.15, 0.2) is 42.5 Å². The van der Waals surface area contributed by atoms with Gasteiger partial charge in [0.05, 0.1) is 17.6 Å². The lowest BCUT2D eigenvalue weighted by Gasteiger charge is -2.09. The molecule has 4 nitrogen and oxygen atoms in total. The van der Waals surface area contributed by atoms with Crippen molar-refractivity contribution in [2.45, 2.75) is 13.5 Å². The number of benzene rings is 2. The Kier molecular flexibility index (Phi) is 3.48. The molecule has 0 aliphatic heterocycles. The molecule has 108 valence electrons. The van der Waals surface area contributed by atoms with Gasteiger partial charge < -0.3 is 15.0 Å². The second kappa shape index (κ2) is 5.44. The van der Waals surface area contributed by atoms with Gasteiger partial charge in [-0.25, -0.2) is 9.37 Å². The van der Waals surface area contributed by atoms with Crippen molar-refractivity contribution in [3.63, 3.8) is 0 Å². The standard InChI is InChI=1S/C16H16FN3O/c1-11-3-2-4-13(9-11)21-8-7-20-15-6-5-12(17)10-14(15)19-16(20)18/h2-6,9-10H,7-8H2,1H3,(H2,18,19). The van der Waals surface area contributed by atoms with E-state index in [1.807, 2.05) is 35.8 Å². The normalized spacial score (nSPS) is 11.0. The molecule has 0 radical (unpaired) electrons. The van der Waals surface area contributed by atoms with Gasteiger partial charge in [-0.1, -0.05) is 12.1 Å². The summed E-state index contributed by atoms with van der Waals surface area (Å²) in [5.74, 6) is 0.871. The summed E-state index contributed by atoms with van der Waals surface area (Å²) in [6, 6.07) is 12.3. The van der Waals surface area contributed by atoms with Crippen LogP contribution in [0.4, 0.5) is 10.3 Å². The highest BCUT2D eigenvalue weighted by Gasteiger charge is 2.08. The molecule has 0 saturated heterocycles. The van der Waals surface area contributed by atoms with Gasteiger partial charge in [-0.2, -0.15) is 0 Å². The SMILES string of the molecule is Cc1cccc(OCCn2c(N)nc3cc(F)ccc32)c1. The Labute approximate surface area is 122 Å². The molecule has 3 aromatic rings. The molecule has 21 heavy (non-hydrogen) atoms. The topological polar surface area (TPSA) is 53.1 Å². The van der Waals surface area contributed by atoms with Crippen molar-refractivity contribution < 1.29 is 9.13 Å². The molecule has 0 bridgehead atoms. The van der Waals surface area contributed by atoms with Crippen molar-refractivity contribution >= 4 is 17.0 Å². The molecule has 0 aliphatic carbocycles. The fraction of sp³-hybridized carbons (Fsp3) is 0.188. The first-order chi connectivity index (χ1) is 10.1. The average Bonchev–Trinajstić information content (AvgIpc) is 2.74. The van der Waals surface area contributed by atoms with Crippen LogP contribution in [0.1, 0.15) is 5.56 Å². The molecular weight excluding hydrogens is 269 g/mol. The predicted octanol–water partition coefficient (Wildman–Crippen LogP) is 3.15. The first-order valence-electron chi connectivity index (χ1n) is 6.74. The summed E-state index contributed by atoms with van der Waals surface area (Å²) in [6.45, 7) is 3.04. The van der Waals surface area contributed by atoms with Crippen LogP contribution in [0.2, 0.25) is 0 Å². The van der Waals surface area contributed by atoms with E-state index in [0.717, 1.165) is 16.8 Å². The Bertz CT molecular complexity index is 782. The highest BCUT2D eigenvalue weighted by Crippen LogP contribution is 2.19. The van der Waals surface area contributed by atoms with Crippen LogP contribution in [0.25, 0.3) is 11.0 Å². The van der Waals surface area contributed by atoms with E-state index in [4.69, 9.17) is 10.5 Å². The fourth-order valence-corrected chi connectivity index (χ4v) is 2.32. The lowest BCUT2D eigenvalue weighted by atomic mass is 10.2. The molecular formula is C16H16FN3O. The lowest BCUT2D eigenvalue weighted by Crippen LogP contribution is -2.10. The third kappa shape index (κ3) is 2.81. The molecule has 0 unspecified atom stereocenters. The summed E-state index contributed by atoms with van der Waals surface area (Å²) in [5, 5.41) is 0. The van der Waals surface area contributed by atoms with E-state index in [-0.39, 0.29) is 5.82 Å². The smallest absolute Gasteiger partial charge is 0.201 e. The second-order valence-electron chi connectivity index (χ2n) is 4.92. The van der Waals surface area contributed by atoms with Crippen LogP contribution in [0, 0.1) is 12.7 Å². The summed E-state index contributed by atoms with van der Waals surface area (Å²) in [7, 11) is 0. The molecule has 5 heteroatoms.